The molecule has 6 aromatic carbocycles. The SMILES string of the molecule is CC(C)(C)c1ccc2c3ccccc3n(-c3cc(C#N)c(-c4cc(C#N)cc(C(F)(F)F)c4)cc3-n3c4ccccc4c4ccc(C(C)(C)C)cc43)c2c1. The number of hydrogen-bond donors (Lipinski definition) is 0. The van der Waals surface area contributed by atoms with Crippen LogP contribution in [0, 0.1) is 22.7 Å². The molecule has 0 N–H and O–H groups in total. The van der Waals surface area contributed by atoms with Crippen molar-refractivity contribution in [3.63, 3.8) is 0 Å². The molecule has 2 heterocycles. The zero-order valence-corrected chi connectivity index (χ0v) is 30.9. The van der Waals surface area contributed by atoms with Gasteiger partial charge >= 0.3 is 6.18 Å². The molecular formula is C47H37F3N4. The molecule has 8 aromatic rings. The van der Waals surface area contributed by atoms with Gasteiger partial charge in [0.25, 0.3) is 0 Å². The first-order valence-electron chi connectivity index (χ1n) is 17.9. The molecule has 0 saturated heterocycles. The van der Waals surface area contributed by atoms with Crippen molar-refractivity contribution < 1.29 is 13.2 Å². The quantitative estimate of drug-likeness (QED) is 0.183. The number of hydrogen-bond acceptors (Lipinski definition) is 2. The number of fused-ring (bicyclic) bond motifs is 6. The average Bonchev–Trinajstić information content (AvgIpc) is 3.65. The number of aromatic nitrogens is 2. The lowest BCUT2D eigenvalue weighted by molar-refractivity contribution is -0.137. The fourth-order valence-electron chi connectivity index (χ4n) is 7.67. The molecule has 0 amide bonds. The van der Waals surface area contributed by atoms with Crippen LogP contribution in [0.15, 0.2) is 115 Å². The van der Waals surface area contributed by atoms with E-state index >= 15 is 0 Å². The summed E-state index contributed by atoms with van der Waals surface area (Å²) >= 11 is 0. The highest BCUT2D eigenvalue weighted by Gasteiger charge is 2.32. The first-order valence-corrected chi connectivity index (χ1v) is 17.9. The molecule has 0 radical (unpaired) electrons. The fourth-order valence-corrected chi connectivity index (χ4v) is 7.67. The van der Waals surface area contributed by atoms with E-state index in [9.17, 15) is 23.7 Å². The molecule has 0 bridgehead atoms. The van der Waals surface area contributed by atoms with Crippen LogP contribution in [0.1, 0.15) is 69.4 Å². The normalized spacial score (nSPS) is 12.5. The van der Waals surface area contributed by atoms with Crippen molar-refractivity contribution in [1.82, 2.24) is 9.13 Å². The average molecular weight is 715 g/mol. The van der Waals surface area contributed by atoms with Crippen LogP contribution >= 0.6 is 0 Å². The number of rotatable bonds is 3. The Morgan fingerprint density at radius 3 is 1.43 bits per heavy atom. The molecule has 0 saturated carbocycles. The van der Waals surface area contributed by atoms with Gasteiger partial charge in [-0.15, -0.1) is 0 Å². The summed E-state index contributed by atoms with van der Waals surface area (Å²) < 4.78 is 47.1. The predicted molar refractivity (Wildman–Crippen MR) is 212 cm³/mol. The monoisotopic (exact) mass is 714 g/mol. The molecule has 0 fully saturated rings. The maximum Gasteiger partial charge on any atom is 0.416 e. The van der Waals surface area contributed by atoms with Crippen LogP contribution in [0.3, 0.4) is 0 Å². The van der Waals surface area contributed by atoms with E-state index in [2.05, 4.69) is 117 Å². The molecule has 4 nitrogen and oxygen atoms in total. The number of benzene rings is 6. The maximum absolute atomic E-state index is 14.2. The van der Waals surface area contributed by atoms with Crippen molar-refractivity contribution in [2.75, 3.05) is 0 Å². The molecule has 2 aromatic heterocycles. The van der Waals surface area contributed by atoms with E-state index in [1.807, 2.05) is 36.4 Å². The van der Waals surface area contributed by atoms with Gasteiger partial charge in [-0.2, -0.15) is 23.7 Å². The van der Waals surface area contributed by atoms with Gasteiger partial charge in [-0.3, -0.25) is 0 Å². The largest absolute Gasteiger partial charge is 0.416 e. The molecule has 0 aliphatic rings. The van der Waals surface area contributed by atoms with E-state index in [1.54, 1.807) is 6.07 Å². The van der Waals surface area contributed by atoms with Gasteiger partial charge in [0.1, 0.15) is 0 Å². The van der Waals surface area contributed by atoms with Crippen LogP contribution < -0.4 is 0 Å². The molecule has 0 spiro atoms. The number of nitrogens with zero attached hydrogens (tertiary/aromatic N) is 4. The molecule has 0 unspecified atom stereocenters. The zero-order chi connectivity index (χ0) is 38.3. The molecule has 7 heteroatoms. The van der Waals surface area contributed by atoms with Crippen LogP contribution in [0.5, 0.6) is 0 Å². The standard InChI is InChI=1S/C47H37F3N4/c1-45(2,3)31-15-17-36-34-11-7-9-13-39(34)53(41(36)23-31)43-22-30(27-52)38(29-19-28(26-51)20-33(21-29)47(48,49)50)25-44(43)54-40-14-10-8-12-35(40)37-18-16-32(24-42(37)54)46(4,5)6/h7-25H,1-6H3. The Hall–Kier alpha value is -6.31. The van der Waals surface area contributed by atoms with Gasteiger partial charge < -0.3 is 9.13 Å². The summed E-state index contributed by atoms with van der Waals surface area (Å²) in [6.07, 6.45) is -4.69. The van der Waals surface area contributed by atoms with Crippen molar-refractivity contribution in [3.05, 3.63) is 143 Å². The highest BCUT2D eigenvalue weighted by atomic mass is 19.4. The van der Waals surface area contributed by atoms with E-state index in [0.29, 0.717) is 16.9 Å². The van der Waals surface area contributed by atoms with Gasteiger partial charge in [-0.25, -0.2) is 0 Å². The lowest BCUT2D eigenvalue weighted by atomic mass is 9.86. The van der Waals surface area contributed by atoms with Crippen LogP contribution in [-0.4, -0.2) is 9.13 Å². The lowest BCUT2D eigenvalue weighted by Crippen LogP contribution is -2.12. The summed E-state index contributed by atoms with van der Waals surface area (Å²) in [5.41, 5.74) is 6.56. The Labute approximate surface area is 311 Å². The molecule has 54 heavy (non-hydrogen) atoms. The highest BCUT2D eigenvalue weighted by Crippen LogP contribution is 2.43. The van der Waals surface area contributed by atoms with Crippen LogP contribution in [-0.2, 0) is 17.0 Å². The zero-order valence-electron chi connectivity index (χ0n) is 30.9. The Balaban J connectivity index is 1.59. The van der Waals surface area contributed by atoms with E-state index in [0.717, 1.165) is 66.9 Å². The van der Waals surface area contributed by atoms with E-state index < -0.39 is 11.7 Å². The molecule has 0 aliphatic carbocycles. The summed E-state index contributed by atoms with van der Waals surface area (Å²) in [5.74, 6) is 0. The Kier molecular flexibility index (Phi) is 7.80. The van der Waals surface area contributed by atoms with Gasteiger partial charge in [0.15, 0.2) is 0 Å². The fraction of sp³-hybridized carbons (Fsp3) is 0.191. The topological polar surface area (TPSA) is 57.4 Å². The highest BCUT2D eigenvalue weighted by molar-refractivity contribution is 6.12. The minimum Gasteiger partial charge on any atom is -0.307 e. The second-order valence-electron chi connectivity index (χ2n) is 16.1. The Morgan fingerprint density at radius 1 is 0.481 bits per heavy atom. The second-order valence-corrected chi connectivity index (χ2v) is 16.1. The van der Waals surface area contributed by atoms with Crippen molar-refractivity contribution in [2.24, 2.45) is 0 Å². The van der Waals surface area contributed by atoms with Crippen molar-refractivity contribution in [1.29, 1.82) is 10.5 Å². The molecule has 0 atom stereocenters. The summed E-state index contributed by atoms with van der Waals surface area (Å²) in [4.78, 5) is 0. The van der Waals surface area contributed by atoms with Gasteiger partial charge in [-0.1, -0.05) is 102 Å². The number of para-hydroxylation sites is 2. The Morgan fingerprint density at radius 2 is 0.963 bits per heavy atom. The number of alkyl halides is 3. The van der Waals surface area contributed by atoms with Crippen molar-refractivity contribution in [2.45, 2.75) is 58.5 Å². The summed E-state index contributed by atoms with van der Waals surface area (Å²) in [5, 5.41) is 24.7. The third-order valence-electron chi connectivity index (χ3n) is 10.5. The first-order chi connectivity index (χ1) is 25.6. The maximum atomic E-state index is 14.2. The van der Waals surface area contributed by atoms with Crippen LogP contribution in [0.25, 0.3) is 66.1 Å². The molecule has 0 aliphatic heterocycles. The van der Waals surface area contributed by atoms with E-state index in [1.165, 1.54) is 6.07 Å². The van der Waals surface area contributed by atoms with Crippen LogP contribution in [0.4, 0.5) is 13.2 Å². The molecular weight excluding hydrogens is 678 g/mol. The molecule has 266 valence electrons. The number of nitriles is 2. The summed E-state index contributed by atoms with van der Waals surface area (Å²) in [7, 11) is 0. The smallest absolute Gasteiger partial charge is 0.307 e. The van der Waals surface area contributed by atoms with Crippen LogP contribution in [0.2, 0.25) is 0 Å². The first kappa shape index (κ1) is 34.8. The third kappa shape index (κ3) is 5.60. The van der Waals surface area contributed by atoms with Gasteiger partial charge in [0.05, 0.1) is 62.3 Å². The van der Waals surface area contributed by atoms with E-state index in [4.69, 9.17) is 0 Å². The van der Waals surface area contributed by atoms with Crippen molar-refractivity contribution in [3.8, 4) is 34.6 Å². The second kappa shape index (κ2) is 12.1. The third-order valence-corrected chi connectivity index (χ3v) is 10.5. The van der Waals surface area contributed by atoms with E-state index in [-0.39, 0.29) is 27.5 Å². The van der Waals surface area contributed by atoms with Gasteiger partial charge in [-0.05, 0) is 82.1 Å². The number of halogens is 3. The summed E-state index contributed by atoms with van der Waals surface area (Å²) in [6, 6.07) is 40.4. The predicted octanol–water partition coefficient (Wildman–Crippen LogP) is 12.9. The van der Waals surface area contributed by atoms with Gasteiger partial charge in [0, 0.05) is 27.1 Å². The minimum atomic E-state index is -4.69. The Bertz CT molecular complexity index is 2910. The van der Waals surface area contributed by atoms with Gasteiger partial charge in [0.2, 0.25) is 0 Å². The summed E-state index contributed by atoms with van der Waals surface area (Å²) in [6.45, 7) is 13.0. The van der Waals surface area contributed by atoms with Crippen molar-refractivity contribution >= 4 is 43.6 Å². The minimum absolute atomic E-state index is 0.138. The molecule has 8 rings (SSSR count). The lowest BCUT2D eigenvalue weighted by Gasteiger charge is -2.22.